The number of carbonyl (C=O) groups excluding carboxylic acids is 1. The molecule has 0 saturated carbocycles. The first-order valence-corrected chi connectivity index (χ1v) is 19.1. The number of aromatic nitrogens is 1. The summed E-state index contributed by atoms with van der Waals surface area (Å²) in [6.45, 7) is 11.3. The van der Waals surface area contributed by atoms with E-state index in [-0.39, 0.29) is 24.5 Å². The van der Waals surface area contributed by atoms with Crippen LogP contribution in [0.5, 0.6) is 0 Å². The van der Waals surface area contributed by atoms with E-state index < -0.39 is 37.9 Å². The summed E-state index contributed by atoms with van der Waals surface area (Å²) in [6.07, 6.45) is 6.70. The number of piperidine rings is 3. The number of hydrogen-bond donors (Lipinski definition) is 2. The smallest absolute Gasteiger partial charge is 0.313 e. The summed E-state index contributed by atoms with van der Waals surface area (Å²) in [7, 11) is -3.45. The van der Waals surface area contributed by atoms with Crippen molar-refractivity contribution in [3.8, 4) is 0 Å². The molecule has 3 saturated heterocycles. The van der Waals surface area contributed by atoms with Crippen LogP contribution in [-0.2, 0) is 29.8 Å². The first kappa shape index (κ1) is 37.5. The minimum absolute atomic E-state index is 0.152. The number of aryl methyl sites for hydroxylation is 1. The molecule has 2 N–H and O–H groups in total. The van der Waals surface area contributed by atoms with E-state index >= 15 is 0 Å². The maximum atomic E-state index is 13.0. The standard InChI is InChI=1S/C19H22N2O.C19H29O6P/c1-2-13-12-21-10-8-14(13)11-18(21)19(22)16-7-9-20-17-6-4-3-5-15(16)17;1-4-18(22)24-19(15(2)3)25-26(23,14-17(20)21)13-9-8-12-16-10-6-5-7-11-16/h2-7,9,13-14,18-19,22H,1,8,10-12H2;5-7,10-11,15,19H,4,8-9,12-14H2,1-3H3,(H,20,21)/t13-,14+,18+,19-;19-,26?/m11/s1. The Hall–Kier alpha value is -3.36. The minimum atomic E-state index is -3.45. The molecule has 48 heavy (non-hydrogen) atoms. The third-order valence-corrected chi connectivity index (χ3v) is 11.7. The zero-order valence-electron chi connectivity index (χ0n) is 28.4. The van der Waals surface area contributed by atoms with Crippen LogP contribution >= 0.6 is 7.37 Å². The quantitative estimate of drug-likeness (QED) is 0.0553. The van der Waals surface area contributed by atoms with Crippen molar-refractivity contribution in [3.63, 3.8) is 0 Å². The number of aliphatic hydroxyl groups is 1. The molecule has 0 radical (unpaired) electrons. The van der Waals surface area contributed by atoms with Gasteiger partial charge in [0.15, 0.2) is 0 Å². The number of aliphatic hydroxyl groups excluding tert-OH is 1. The Morgan fingerprint density at radius 1 is 1.10 bits per heavy atom. The number of carboxylic acid groups (broad SMARTS) is 1. The number of fused-ring (bicyclic) bond motifs is 4. The van der Waals surface area contributed by atoms with E-state index in [1.807, 2.05) is 60.8 Å². The largest absolute Gasteiger partial charge is 0.481 e. The zero-order valence-corrected chi connectivity index (χ0v) is 29.3. The van der Waals surface area contributed by atoms with Crippen LogP contribution in [0.25, 0.3) is 10.9 Å². The molecule has 2 unspecified atom stereocenters. The second-order valence-corrected chi connectivity index (χ2v) is 15.8. The lowest BCUT2D eigenvalue weighted by Gasteiger charge is -2.50. The number of nitrogens with zero attached hydrogens (tertiary/aromatic N) is 2. The molecular weight excluding hydrogens is 627 g/mol. The monoisotopic (exact) mass is 678 g/mol. The van der Waals surface area contributed by atoms with Crippen molar-refractivity contribution in [2.45, 2.75) is 77.7 Å². The van der Waals surface area contributed by atoms with Crippen LogP contribution in [0.4, 0.5) is 0 Å². The van der Waals surface area contributed by atoms with E-state index in [2.05, 4.69) is 28.6 Å². The highest BCUT2D eigenvalue weighted by atomic mass is 31.2. The van der Waals surface area contributed by atoms with Gasteiger partial charge in [-0.1, -0.05) is 75.4 Å². The predicted molar refractivity (Wildman–Crippen MR) is 189 cm³/mol. The fourth-order valence-electron chi connectivity index (χ4n) is 6.67. The lowest BCUT2D eigenvalue weighted by atomic mass is 9.73. The van der Waals surface area contributed by atoms with Crippen LogP contribution in [0, 0.1) is 17.8 Å². The summed E-state index contributed by atoms with van der Waals surface area (Å²) in [5.74, 6) is -0.603. The molecule has 9 nitrogen and oxygen atoms in total. The highest BCUT2D eigenvalue weighted by Gasteiger charge is 2.42. The molecule has 3 aromatic rings. The Morgan fingerprint density at radius 3 is 2.48 bits per heavy atom. The Kier molecular flexibility index (Phi) is 13.9. The van der Waals surface area contributed by atoms with Gasteiger partial charge in [-0.3, -0.25) is 28.6 Å². The third kappa shape index (κ3) is 10.3. The van der Waals surface area contributed by atoms with Crippen molar-refractivity contribution in [3.05, 3.63) is 90.6 Å². The van der Waals surface area contributed by atoms with Crippen LogP contribution in [0.1, 0.15) is 70.1 Å². The molecule has 3 aliphatic heterocycles. The molecule has 0 spiro atoms. The molecule has 3 fully saturated rings. The van der Waals surface area contributed by atoms with Gasteiger partial charge in [0.2, 0.25) is 13.7 Å². The first-order chi connectivity index (χ1) is 23.0. The molecule has 7 atom stereocenters. The molecule has 0 amide bonds. The van der Waals surface area contributed by atoms with Crippen molar-refractivity contribution in [2.24, 2.45) is 17.8 Å². The minimum Gasteiger partial charge on any atom is -0.481 e. The Morgan fingerprint density at radius 2 is 1.83 bits per heavy atom. The molecular formula is C38H51N2O7P. The number of unbranched alkanes of at least 4 members (excludes halogenated alkanes) is 1. The van der Waals surface area contributed by atoms with E-state index in [0.717, 1.165) is 48.8 Å². The lowest BCUT2D eigenvalue weighted by Crippen LogP contribution is -2.54. The average molecular weight is 679 g/mol. The second kappa shape index (κ2) is 17.9. The Balaban J connectivity index is 0.000000219. The highest BCUT2D eigenvalue weighted by molar-refractivity contribution is 7.59. The molecule has 1 aromatic heterocycles. The fourth-order valence-corrected chi connectivity index (χ4v) is 8.79. The zero-order chi connectivity index (χ0) is 34.7. The normalized spacial score (nSPS) is 22.6. The van der Waals surface area contributed by atoms with Gasteiger partial charge in [-0.25, -0.2) is 0 Å². The molecule has 4 heterocycles. The van der Waals surface area contributed by atoms with Gasteiger partial charge in [0.1, 0.15) is 6.16 Å². The summed E-state index contributed by atoms with van der Waals surface area (Å²) in [5.41, 5.74) is 3.15. The predicted octanol–water partition coefficient (Wildman–Crippen LogP) is 7.49. The van der Waals surface area contributed by atoms with Crippen molar-refractivity contribution in [2.75, 3.05) is 25.4 Å². The summed E-state index contributed by atoms with van der Waals surface area (Å²) in [6, 6.07) is 20.2. The van der Waals surface area contributed by atoms with Crippen LogP contribution in [0.2, 0.25) is 0 Å². The maximum Gasteiger partial charge on any atom is 0.313 e. The average Bonchev–Trinajstić information content (AvgIpc) is 3.09. The van der Waals surface area contributed by atoms with Gasteiger partial charge < -0.3 is 14.9 Å². The van der Waals surface area contributed by atoms with Crippen molar-refractivity contribution < 1.29 is 33.6 Å². The molecule has 6 rings (SSSR count). The van der Waals surface area contributed by atoms with Gasteiger partial charge in [-0.15, -0.1) is 6.58 Å². The number of esters is 1. The van der Waals surface area contributed by atoms with Crippen molar-refractivity contribution in [1.29, 1.82) is 0 Å². The summed E-state index contributed by atoms with van der Waals surface area (Å²) >= 11 is 0. The van der Waals surface area contributed by atoms with E-state index in [9.17, 15) is 19.3 Å². The van der Waals surface area contributed by atoms with E-state index in [0.29, 0.717) is 18.3 Å². The van der Waals surface area contributed by atoms with Crippen LogP contribution in [-0.4, -0.2) is 69.8 Å². The SMILES string of the molecule is C=C[C@@H]1CN2CC[C@H]1C[C@H]2[C@H](O)c1ccnc2ccccc12.CCC(=O)O[C@H](OP(=O)(CCCCc1ccccc1)CC(=O)O)C(C)C. The highest BCUT2D eigenvalue weighted by Crippen LogP contribution is 2.50. The summed E-state index contributed by atoms with van der Waals surface area (Å²) in [4.78, 5) is 29.5. The van der Waals surface area contributed by atoms with Gasteiger partial charge in [0.05, 0.1) is 11.6 Å². The van der Waals surface area contributed by atoms with E-state index in [1.165, 1.54) is 12.0 Å². The van der Waals surface area contributed by atoms with Gasteiger partial charge in [-0.2, -0.15) is 0 Å². The van der Waals surface area contributed by atoms with E-state index in [4.69, 9.17) is 14.4 Å². The molecule has 2 aromatic carbocycles. The molecule has 0 aliphatic carbocycles. The number of ether oxygens (including phenoxy) is 1. The van der Waals surface area contributed by atoms with Gasteiger partial charge in [0, 0.05) is 42.7 Å². The number of carboxylic acids is 1. The van der Waals surface area contributed by atoms with Crippen molar-refractivity contribution >= 4 is 30.2 Å². The first-order valence-electron chi connectivity index (χ1n) is 17.1. The summed E-state index contributed by atoms with van der Waals surface area (Å²) in [5, 5.41) is 21.2. The van der Waals surface area contributed by atoms with E-state index in [1.54, 1.807) is 20.8 Å². The second-order valence-electron chi connectivity index (χ2n) is 13.2. The topological polar surface area (TPSA) is 126 Å². The number of benzene rings is 2. The van der Waals surface area contributed by atoms with Gasteiger partial charge in [0.25, 0.3) is 0 Å². The molecule has 10 heteroatoms. The maximum absolute atomic E-state index is 13.0. The Labute approximate surface area is 284 Å². The molecule has 2 bridgehead atoms. The van der Waals surface area contributed by atoms with Gasteiger partial charge >= 0.3 is 11.9 Å². The van der Waals surface area contributed by atoms with Crippen LogP contribution < -0.4 is 0 Å². The molecule has 260 valence electrons. The summed E-state index contributed by atoms with van der Waals surface area (Å²) < 4.78 is 23.8. The fraction of sp³-hybridized carbons (Fsp3) is 0.500. The third-order valence-electron chi connectivity index (χ3n) is 9.33. The van der Waals surface area contributed by atoms with Crippen LogP contribution in [0.15, 0.2) is 79.5 Å². The lowest BCUT2D eigenvalue weighted by molar-refractivity contribution is -0.169. The van der Waals surface area contributed by atoms with Crippen molar-refractivity contribution in [1.82, 2.24) is 9.88 Å². The number of carbonyl (C=O) groups is 2. The number of rotatable bonds is 15. The molecule has 3 aliphatic rings. The number of pyridine rings is 1. The number of para-hydroxylation sites is 1. The Bertz CT molecular complexity index is 1540. The van der Waals surface area contributed by atoms with Crippen LogP contribution in [0.3, 0.4) is 0 Å². The number of aliphatic carboxylic acids is 1. The number of hydrogen-bond acceptors (Lipinski definition) is 8. The van der Waals surface area contributed by atoms with Gasteiger partial charge in [-0.05, 0) is 73.7 Å².